The summed E-state index contributed by atoms with van der Waals surface area (Å²) in [6, 6.07) is 31.1. The normalized spacial score (nSPS) is 18.9. The molecule has 4 aliphatic rings. The minimum atomic E-state index is -6.18. The predicted molar refractivity (Wildman–Crippen MR) is 407 cm³/mol. The maximum Gasteiger partial charge on any atom is 0.501 e. The van der Waals surface area contributed by atoms with E-state index in [0.29, 0.717) is 69.5 Å². The van der Waals surface area contributed by atoms with Crippen LogP contribution in [0.1, 0.15) is 163 Å². The van der Waals surface area contributed by atoms with Crippen molar-refractivity contribution in [3.63, 3.8) is 0 Å². The molecule has 10 rings (SSSR count). The molecule has 0 radical (unpaired) electrons. The fourth-order valence-corrected chi connectivity index (χ4v) is 18.3. The Balaban J connectivity index is 0.690. The summed E-state index contributed by atoms with van der Waals surface area (Å²) in [6.07, 6.45) is 6.11. The lowest BCUT2D eigenvalue weighted by atomic mass is 9.72. The van der Waals surface area contributed by atoms with E-state index in [4.69, 9.17) is 11.6 Å². The van der Waals surface area contributed by atoms with Crippen molar-refractivity contribution < 1.29 is 59.1 Å². The largest absolute Gasteiger partial charge is 0.501 e. The van der Waals surface area contributed by atoms with E-state index in [1.165, 1.54) is 45.5 Å². The summed E-state index contributed by atoms with van der Waals surface area (Å²) in [5.74, 6) is -1.89. The molecule has 0 bridgehead atoms. The van der Waals surface area contributed by atoms with Crippen molar-refractivity contribution >= 4 is 95.4 Å². The molecular weight excluding hydrogens is 1440 g/mol. The number of carbonyl (C=O) groups excluding carboxylic acids is 5. The van der Waals surface area contributed by atoms with E-state index < -0.39 is 94.3 Å². The number of piperidine rings is 1. The number of anilines is 1. The highest BCUT2D eigenvalue weighted by molar-refractivity contribution is 7.99. The van der Waals surface area contributed by atoms with Crippen LogP contribution < -0.4 is 20.7 Å². The number of hydrogen-bond donors (Lipinski definition) is 5. The standard InChI is InChI=1S/C78H97ClF3N9O10S4/c1-51(53-18-22-57(23-19-53)71-52(2)83-50-103-71)84-74(96)67-44-62(92)48-91(67)75(97)72(76(3,4)5)86-69(93)16-12-9-13-17-70(94)90-42-40-88(41-43-90)39-35-61(49-102-63-14-10-8-11-15-63)85-66-31-30-64(45-68(66)104(98,99)78(80,81)82)105(100,101)87-73(95)58-24-20-54(21-25-58)55-33-37-89(38-34-55)47-59-46-77(6,7)36-32-65(59)56-26-28-60(79)29-27-56/h8,10-11,14-15,18-31,45,50-51,55,61-62,67,72,85,92H,9,12-13,16-17,32-44,46-49H2,1-7H3,(H,84,96)(H,86,93)(H,87,95)/t51-,61+,62+,67-,72+/m0/s1. The number of nitrogens with zero attached hydrogens (tertiary/aromatic N) is 5. The molecule has 19 nitrogen and oxygen atoms in total. The number of halogens is 4. The molecule has 5 aromatic carbocycles. The molecule has 6 aromatic rings. The first-order chi connectivity index (χ1) is 49.7. The summed E-state index contributed by atoms with van der Waals surface area (Å²) in [7, 11) is -11.1. The third kappa shape index (κ3) is 21.2. The highest BCUT2D eigenvalue weighted by Gasteiger charge is 2.49. The average molecular weight is 1540 g/mol. The molecule has 566 valence electrons. The van der Waals surface area contributed by atoms with Crippen molar-refractivity contribution in [1.29, 1.82) is 0 Å². The number of amides is 5. The van der Waals surface area contributed by atoms with Gasteiger partial charge in [0.1, 0.15) is 17.0 Å². The fourth-order valence-electron chi connectivity index (χ4n) is 14.4. The fraction of sp³-hybridized carbons (Fsp3) is 0.487. The predicted octanol–water partition coefficient (Wildman–Crippen LogP) is 13.5. The van der Waals surface area contributed by atoms with Crippen LogP contribution in [-0.2, 0) is 39.0 Å². The molecule has 27 heteroatoms. The number of alkyl halides is 3. The first-order valence-corrected chi connectivity index (χ1v) is 41.3. The van der Waals surface area contributed by atoms with Crippen molar-refractivity contribution in [3.8, 4) is 10.4 Å². The van der Waals surface area contributed by atoms with Crippen LogP contribution in [0.4, 0.5) is 18.9 Å². The summed E-state index contributed by atoms with van der Waals surface area (Å²) >= 11 is 9.17. The summed E-state index contributed by atoms with van der Waals surface area (Å²) in [4.78, 5) is 80.5. The Morgan fingerprint density at radius 1 is 0.800 bits per heavy atom. The smallest absolute Gasteiger partial charge is 0.391 e. The zero-order valence-corrected chi connectivity index (χ0v) is 64.7. The number of allylic oxidation sites excluding steroid dienone is 1. The molecule has 0 saturated carbocycles. The van der Waals surface area contributed by atoms with Gasteiger partial charge in [-0.1, -0.05) is 125 Å². The van der Waals surface area contributed by atoms with Crippen molar-refractivity contribution in [2.75, 3.05) is 70.0 Å². The Morgan fingerprint density at radius 3 is 2.11 bits per heavy atom. The highest BCUT2D eigenvalue weighted by atomic mass is 35.5. The molecule has 5 N–H and O–H groups in total. The Bertz CT molecular complexity index is 4300. The number of aryl methyl sites for hydroxylation is 1. The number of rotatable bonds is 28. The van der Waals surface area contributed by atoms with Gasteiger partial charge in [-0.3, -0.25) is 33.8 Å². The van der Waals surface area contributed by atoms with Crippen molar-refractivity contribution in [2.24, 2.45) is 10.8 Å². The lowest BCUT2D eigenvalue weighted by Crippen LogP contribution is -2.57. The molecule has 0 unspecified atom stereocenters. The van der Waals surface area contributed by atoms with Gasteiger partial charge in [0, 0.05) is 92.4 Å². The number of β-amino-alcohol motifs (C(OH)–C–C–N with tert-alkyl or cyclic N) is 1. The van der Waals surface area contributed by atoms with Gasteiger partial charge in [0.2, 0.25) is 23.6 Å². The molecule has 3 fully saturated rings. The number of carbonyl (C=O) groups is 5. The topological polar surface area (TPSA) is 248 Å². The monoisotopic (exact) mass is 1540 g/mol. The number of thiazole rings is 1. The van der Waals surface area contributed by atoms with Crippen LogP contribution in [0.15, 0.2) is 147 Å². The third-order valence-electron chi connectivity index (χ3n) is 20.5. The number of benzene rings is 5. The van der Waals surface area contributed by atoms with Gasteiger partial charge in [-0.2, -0.15) is 13.2 Å². The summed E-state index contributed by atoms with van der Waals surface area (Å²) in [6.45, 7) is 18.6. The molecule has 1 aliphatic carbocycles. The molecule has 1 aromatic heterocycles. The maximum absolute atomic E-state index is 14.6. The molecule has 5 amide bonds. The lowest BCUT2D eigenvalue weighted by molar-refractivity contribution is -0.144. The van der Waals surface area contributed by atoms with Crippen LogP contribution in [0.5, 0.6) is 0 Å². The quantitative estimate of drug-likeness (QED) is 0.0226. The van der Waals surface area contributed by atoms with Crippen LogP contribution in [0.3, 0.4) is 0 Å². The van der Waals surface area contributed by atoms with E-state index in [1.807, 2.05) is 106 Å². The first-order valence-electron chi connectivity index (χ1n) is 36.1. The van der Waals surface area contributed by atoms with Crippen LogP contribution >= 0.6 is 34.7 Å². The highest BCUT2D eigenvalue weighted by Crippen LogP contribution is 2.44. The van der Waals surface area contributed by atoms with Gasteiger partial charge < -0.3 is 30.9 Å². The van der Waals surface area contributed by atoms with Crippen molar-refractivity contribution in [3.05, 3.63) is 165 Å². The van der Waals surface area contributed by atoms with Gasteiger partial charge >= 0.3 is 5.51 Å². The molecule has 3 saturated heterocycles. The number of likely N-dealkylation sites (tertiary alicyclic amines) is 2. The lowest BCUT2D eigenvalue weighted by Gasteiger charge is -2.38. The van der Waals surface area contributed by atoms with E-state index in [9.17, 15) is 59.1 Å². The second-order valence-corrected chi connectivity index (χ2v) is 36.0. The van der Waals surface area contributed by atoms with Gasteiger partial charge in [-0.05, 0) is 177 Å². The van der Waals surface area contributed by atoms with Crippen LogP contribution in [-0.4, -0.2) is 170 Å². The number of piperazine rings is 1. The molecule has 5 atom stereocenters. The van der Waals surface area contributed by atoms with Gasteiger partial charge in [0.05, 0.1) is 38.8 Å². The third-order valence-corrected chi connectivity index (χ3v) is 25.8. The second-order valence-electron chi connectivity index (χ2n) is 30.1. The molecule has 105 heavy (non-hydrogen) atoms. The van der Waals surface area contributed by atoms with Gasteiger partial charge in [-0.25, -0.2) is 26.5 Å². The number of thioether (sulfide) groups is 1. The number of hydrogen-bond acceptors (Lipinski definition) is 16. The zero-order chi connectivity index (χ0) is 75.6. The molecule has 0 spiro atoms. The van der Waals surface area contributed by atoms with Crippen LogP contribution in [0.25, 0.3) is 16.0 Å². The van der Waals surface area contributed by atoms with Gasteiger partial charge in [0.25, 0.3) is 25.8 Å². The average Bonchev–Trinajstić information content (AvgIpc) is 0.849. The summed E-state index contributed by atoms with van der Waals surface area (Å²) in [5.41, 5.74) is 2.76. The molecule has 4 heterocycles. The number of aliphatic hydroxyl groups excluding tert-OH is 1. The number of sulfone groups is 1. The summed E-state index contributed by atoms with van der Waals surface area (Å²) in [5, 5.41) is 20.4. The molecule has 3 aliphatic heterocycles. The minimum absolute atomic E-state index is 0.0155. The Kier molecular flexibility index (Phi) is 26.6. The van der Waals surface area contributed by atoms with E-state index in [-0.39, 0.29) is 60.3 Å². The zero-order valence-electron chi connectivity index (χ0n) is 60.6. The number of sulfonamides is 1. The second kappa shape index (κ2) is 34.8. The number of aliphatic hydroxyl groups is 1. The minimum Gasteiger partial charge on any atom is -0.391 e. The maximum atomic E-state index is 14.6. The van der Waals surface area contributed by atoms with Crippen LogP contribution in [0, 0.1) is 17.8 Å². The van der Waals surface area contributed by atoms with Crippen molar-refractivity contribution in [2.45, 2.75) is 182 Å². The SMILES string of the molecule is Cc1ncsc1-c1ccc([C@H](C)NC(=O)[C@@H]2C[C@@H](O)CN2C(=O)[C@@H](NC(=O)CCCCCC(=O)N2CCN(CC[C@H](CSc3ccccc3)Nc3ccc(S(=O)(=O)NC(=O)c4ccc(C5CCN(CC6=C(c7ccc(Cl)cc7)CCC(C)(C)C6)CC5)cc4)cc3S(=O)(=O)C(F)(F)F)CC2)C(C)(C)C)cc1. The summed E-state index contributed by atoms with van der Waals surface area (Å²) < 4.78 is 100. The van der Waals surface area contributed by atoms with Gasteiger partial charge in [0.15, 0.2) is 0 Å². The molecular formula is C78H97ClF3N9O10S4. The van der Waals surface area contributed by atoms with E-state index in [0.717, 1.165) is 96.0 Å². The Hall–Kier alpha value is -7.17. The Labute approximate surface area is 628 Å². The first kappa shape index (κ1) is 80.4. The van der Waals surface area contributed by atoms with Crippen molar-refractivity contribution in [1.82, 2.24) is 39.9 Å². The Morgan fingerprint density at radius 2 is 1.47 bits per heavy atom. The number of aromatic nitrogens is 1. The van der Waals surface area contributed by atoms with Gasteiger partial charge in [-0.15, -0.1) is 23.1 Å². The van der Waals surface area contributed by atoms with Crippen LogP contribution in [0.2, 0.25) is 5.02 Å². The van der Waals surface area contributed by atoms with E-state index in [1.54, 1.807) is 33.9 Å². The number of nitrogens with one attached hydrogen (secondary N) is 4. The van der Waals surface area contributed by atoms with E-state index in [2.05, 4.69) is 56.7 Å². The van der Waals surface area contributed by atoms with E-state index >= 15 is 0 Å². The number of unbranched alkanes of at least 4 members (excludes halogenated alkanes) is 2.